The van der Waals surface area contributed by atoms with Crippen molar-refractivity contribution in [3.63, 3.8) is 0 Å². The van der Waals surface area contributed by atoms with E-state index in [9.17, 15) is 4.79 Å². The van der Waals surface area contributed by atoms with Crippen LogP contribution in [-0.4, -0.2) is 15.9 Å². The van der Waals surface area contributed by atoms with Crippen LogP contribution in [-0.2, 0) is 10.2 Å². The van der Waals surface area contributed by atoms with Crippen molar-refractivity contribution in [2.75, 3.05) is 0 Å². The van der Waals surface area contributed by atoms with E-state index >= 15 is 0 Å². The summed E-state index contributed by atoms with van der Waals surface area (Å²) in [5, 5.41) is 0. The van der Waals surface area contributed by atoms with Crippen molar-refractivity contribution in [2.45, 2.75) is 19.3 Å². The number of hydrogen-bond acceptors (Lipinski definition) is 2. The number of carbonyl (C=O) groups is 1. The summed E-state index contributed by atoms with van der Waals surface area (Å²) in [6.45, 7) is 3.54. The van der Waals surface area contributed by atoms with Gasteiger partial charge in [0.25, 0.3) is 0 Å². The number of carbonyl (C=O) groups excluding carboxylic acids is 1. The Morgan fingerprint density at radius 3 is 2.14 bits per heavy atom. The Hall–Kier alpha value is -2.75. The lowest BCUT2D eigenvalue weighted by molar-refractivity contribution is -0.131. The van der Waals surface area contributed by atoms with Gasteiger partial charge in [-0.3, -0.25) is 4.79 Å². The van der Waals surface area contributed by atoms with Crippen molar-refractivity contribution < 1.29 is 9.53 Å². The molecule has 0 fully saturated rings. The molecule has 4 nitrogen and oxygen atoms in total. The third-order valence-corrected chi connectivity index (χ3v) is 3.95. The van der Waals surface area contributed by atoms with Crippen LogP contribution >= 0.6 is 0 Å². The quantitative estimate of drug-likeness (QED) is 0.570. The zero-order valence-corrected chi connectivity index (χ0v) is 12.6. The van der Waals surface area contributed by atoms with Crippen molar-refractivity contribution in [1.82, 2.24) is 9.97 Å². The molecule has 0 aliphatic carbocycles. The molecule has 0 amide bonds. The second kappa shape index (κ2) is 5.56. The Morgan fingerprint density at radius 1 is 1.00 bits per heavy atom. The average molecular weight is 294 g/mol. The summed E-state index contributed by atoms with van der Waals surface area (Å²) in [4.78, 5) is 17.8. The lowest BCUT2D eigenvalue weighted by atomic mass is 9.76. The van der Waals surface area contributed by atoms with Crippen molar-refractivity contribution >= 4 is 5.97 Å². The Bertz CT molecular complexity index is 724. The predicted octanol–water partition coefficient (Wildman–Crippen LogP) is 3.62. The molecule has 2 aromatic heterocycles. The smallest absolute Gasteiger partial charge is 0.308 e. The number of esters is 1. The van der Waals surface area contributed by atoms with E-state index in [-0.39, 0.29) is 11.4 Å². The topological polar surface area (TPSA) is 57.9 Å². The van der Waals surface area contributed by atoms with Crippen LogP contribution in [0.25, 0.3) is 0 Å². The molecular formula is C18H18N2O2. The highest BCUT2D eigenvalue weighted by Crippen LogP contribution is 2.38. The van der Waals surface area contributed by atoms with Gasteiger partial charge in [-0.05, 0) is 48.9 Å². The van der Waals surface area contributed by atoms with Crippen LogP contribution < -0.4 is 4.74 Å². The van der Waals surface area contributed by atoms with Gasteiger partial charge in [-0.25, -0.2) is 0 Å². The van der Waals surface area contributed by atoms with Crippen molar-refractivity contribution in [3.05, 3.63) is 77.9 Å². The maximum atomic E-state index is 11.2. The first-order valence-electron chi connectivity index (χ1n) is 7.17. The largest absolute Gasteiger partial charge is 0.427 e. The molecule has 4 heteroatoms. The monoisotopic (exact) mass is 294 g/mol. The first kappa shape index (κ1) is 14.2. The molecule has 0 aliphatic heterocycles. The molecule has 3 aromatic rings. The average Bonchev–Trinajstić information content (AvgIpc) is 3.19. The van der Waals surface area contributed by atoms with Gasteiger partial charge in [0.1, 0.15) is 5.75 Å². The summed E-state index contributed by atoms with van der Waals surface area (Å²) in [5.74, 6) is 0.230. The fourth-order valence-corrected chi connectivity index (χ4v) is 2.78. The third kappa shape index (κ3) is 2.44. The second-order valence-corrected chi connectivity index (χ2v) is 5.41. The number of ether oxygens (including phenoxy) is 1. The molecule has 2 N–H and O–H groups in total. The van der Waals surface area contributed by atoms with Crippen LogP contribution in [0.15, 0.2) is 60.9 Å². The summed E-state index contributed by atoms with van der Waals surface area (Å²) in [5.41, 5.74) is 2.78. The van der Waals surface area contributed by atoms with E-state index in [0.29, 0.717) is 5.75 Å². The highest BCUT2D eigenvalue weighted by molar-refractivity contribution is 5.69. The highest BCUT2D eigenvalue weighted by atomic mass is 16.5. The number of aromatic amines is 2. The molecule has 0 radical (unpaired) electrons. The zero-order chi connectivity index (χ0) is 15.6. The molecule has 0 bridgehead atoms. The lowest BCUT2D eigenvalue weighted by Gasteiger charge is -2.29. The summed E-state index contributed by atoms with van der Waals surface area (Å²) < 4.78 is 5.23. The summed E-state index contributed by atoms with van der Waals surface area (Å²) in [7, 11) is 0. The van der Waals surface area contributed by atoms with Crippen LogP contribution in [0, 0.1) is 0 Å². The van der Waals surface area contributed by atoms with Crippen LogP contribution in [0.3, 0.4) is 0 Å². The SMILES string of the molecule is CC(=O)Oc1cccc(C(C)(c2ccc[nH]2)c2ccc[nH]2)c1. The molecule has 22 heavy (non-hydrogen) atoms. The molecular weight excluding hydrogens is 276 g/mol. The van der Waals surface area contributed by atoms with E-state index in [2.05, 4.69) is 29.0 Å². The molecule has 0 atom stereocenters. The Morgan fingerprint density at radius 2 is 1.64 bits per heavy atom. The third-order valence-electron chi connectivity index (χ3n) is 3.95. The first-order valence-corrected chi connectivity index (χ1v) is 7.17. The van der Waals surface area contributed by atoms with Gasteiger partial charge in [0, 0.05) is 30.7 Å². The Labute approximate surface area is 129 Å². The first-order chi connectivity index (χ1) is 10.6. The van der Waals surface area contributed by atoms with Crippen LogP contribution in [0.2, 0.25) is 0 Å². The minimum Gasteiger partial charge on any atom is -0.427 e. The van der Waals surface area contributed by atoms with Crippen molar-refractivity contribution in [1.29, 1.82) is 0 Å². The van der Waals surface area contributed by atoms with Gasteiger partial charge in [0.2, 0.25) is 0 Å². The molecule has 112 valence electrons. The van der Waals surface area contributed by atoms with Gasteiger partial charge < -0.3 is 14.7 Å². The Balaban J connectivity index is 2.13. The molecule has 0 unspecified atom stereocenters. The fraction of sp³-hybridized carbons (Fsp3) is 0.167. The highest BCUT2D eigenvalue weighted by Gasteiger charge is 2.33. The van der Waals surface area contributed by atoms with Gasteiger partial charge in [-0.2, -0.15) is 0 Å². The minimum absolute atomic E-state index is 0.321. The summed E-state index contributed by atoms with van der Waals surface area (Å²) >= 11 is 0. The standard InChI is InChI=1S/C18H18N2O2/c1-13(21)22-15-7-3-6-14(12-15)18(2,16-8-4-10-19-16)17-9-5-11-20-17/h3-12,19-20H,1-2H3. The van der Waals surface area contributed by atoms with E-state index in [1.165, 1.54) is 6.92 Å². The molecule has 1 aromatic carbocycles. The molecule has 3 rings (SSSR count). The predicted molar refractivity (Wildman–Crippen MR) is 84.9 cm³/mol. The molecule has 0 saturated heterocycles. The van der Waals surface area contributed by atoms with Crippen LogP contribution in [0.1, 0.15) is 30.8 Å². The lowest BCUT2D eigenvalue weighted by Crippen LogP contribution is -2.26. The van der Waals surface area contributed by atoms with Crippen LogP contribution in [0.4, 0.5) is 0 Å². The number of H-pyrrole nitrogens is 2. The molecule has 0 saturated carbocycles. The maximum Gasteiger partial charge on any atom is 0.308 e. The summed E-state index contributed by atoms with van der Waals surface area (Å²) in [6, 6.07) is 15.7. The number of benzene rings is 1. The van der Waals surface area contributed by atoms with Gasteiger partial charge in [0.15, 0.2) is 0 Å². The zero-order valence-electron chi connectivity index (χ0n) is 12.6. The van der Waals surface area contributed by atoms with Gasteiger partial charge >= 0.3 is 5.97 Å². The molecule has 0 aliphatic rings. The van der Waals surface area contributed by atoms with Crippen molar-refractivity contribution in [2.24, 2.45) is 0 Å². The summed E-state index contributed by atoms with van der Waals surface area (Å²) in [6.07, 6.45) is 3.82. The maximum absolute atomic E-state index is 11.2. The van der Waals surface area contributed by atoms with Gasteiger partial charge in [-0.1, -0.05) is 12.1 Å². The van der Waals surface area contributed by atoms with Crippen LogP contribution in [0.5, 0.6) is 5.75 Å². The van der Waals surface area contributed by atoms with E-state index in [1.807, 2.05) is 42.7 Å². The van der Waals surface area contributed by atoms with Gasteiger partial charge in [0.05, 0.1) is 5.41 Å². The van der Waals surface area contributed by atoms with Crippen molar-refractivity contribution in [3.8, 4) is 5.75 Å². The fourth-order valence-electron chi connectivity index (χ4n) is 2.78. The number of rotatable bonds is 4. The molecule has 0 spiro atoms. The van der Waals surface area contributed by atoms with Gasteiger partial charge in [-0.15, -0.1) is 0 Å². The van der Waals surface area contributed by atoms with E-state index < -0.39 is 0 Å². The van der Waals surface area contributed by atoms with E-state index in [1.54, 1.807) is 6.07 Å². The normalized spacial score (nSPS) is 11.4. The van der Waals surface area contributed by atoms with E-state index in [0.717, 1.165) is 17.0 Å². The number of aromatic nitrogens is 2. The van der Waals surface area contributed by atoms with E-state index in [4.69, 9.17) is 4.74 Å². The minimum atomic E-state index is -0.386. The molecule has 2 heterocycles. The second-order valence-electron chi connectivity index (χ2n) is 5.41. The number of hydrogen-bond donors (Lipinski definition) is 2. The number of nitrogens with one attached hydrogen (secondary N) is 2. The Kier molecular flexibility index (Phi) is 3.59.